The van der Waals surface area contributed by atoms with Crippen LogP contribution in [0.1, 0.15) is 17.9 Å². The summed E-state index contributed by atoms with van der Waals surface area (Å²) in [5, 5.41) is 0.876. The van der Waals surface area contributed by atoms with Crippen LogP contribution in [0.2, 0.25) is 0 Å². The average Bonchev–Trinajstić information content (AvgIpc) is 3.16. The van der Waals surface area contributed by atoms with E-state index in [9.17, 15) is 4.79 Å². The van der Waals surface area contributed by atoms with Gasteiger partial charge in [-0.05, 0) is 24.6 Å². The third kappa shape index (κ3) is 4.07. The van der Waals surface area contributed by atoms with Gasteiger partial charge in [0.2, 0.25) is 5.91 Å². The highest BCUT2D eigenvalue weighted by molar-refractivity contribution is 7.99. The molecule has 1 aromatic carbocycles. The molecule has 132 valence electrons. The van der Waals surface area contributed by atoms with Crippen molar-refractivity contribution in [3.8, 4) is 11.5 Å². The lowest BCUT2D eigenvalue weighted by molar-refractivity contribution is -0.127. The maximum Gasteiger partial charge on any atom is 0.233 e. The number of thioether (sulfide) groups is 1. The summed E-state index contributed by atoms with van der Waals surface area (Å²) in [6.45, 7) is 1.48. The van der Waals surface area contributed by atoms with Crippen molar-refractivity contribution in [1.29, 1.82) is 0 Å². The summed E-state index contributed by atoms with van der Waals surface area (Å²) in [5.74, 6) is 2.34. The van der Waals surface area contributed by atoms with Crippen molar-refractivity contribution < 1.29 is 14.3 Å². The van der Waals surface area contributed by atoms with E-state index in [-0.39, 0.29) is 11.8 Å². The molecule has 1 aliphatic heterocycles. The van der Waals surface area contributed by atoms with Gasteiger partial charge < -0.3 is 14.4 Å². The van der Waals surface area contributed by atoms with Gasteiger partial charge in [0.05, 0.1) is 25.0 Å². The van der Waals surface area contributed by atoms with Crippen LogP contribution in [-0.2, 0) is 4.79 Å². The first-order chi connectivity index (χ1) is 12.2. The molecule has 0 saturated carbocycles. The molecule has 0 unspecified atom stereocenters. The molecule has 25 heavy (non-hydrogen) atoms. The Kier molecular flexibility index (Phi) is 5.81. The normalized spacial score (nSPS) is 16.7. The molecule has 3 rings (SSSR count). The van der Waals surface area contributed by atoms with Crippen molar-refractivity contribution >= 4 is 17.7 Å². The van der Waals surface area contributed by atoms with Gasteiger partial charge in [-0.1, -0.05) is 30.0 Å². The van der Waals surface area contributed by atoms with Crippen LogP contribution in [0.25, 0.3) is 0 Å². The largest absolute Gasteiger partial charge is 0.493 e. The molecular weight excluding hydrogens is 336 g/mol. The van der Waals surface area contributed by atoms with E-state index in [0.29, 0.717) is 12.3 Å². The first kappa shape index (κ1) is 17.6. The van der Waals surface area contributed by atoms with Crippen LogP contribution in [0.15, 0.2) is 47.6 Å². The van der Waals surface area contributed by atoms with E-state index in [4.69, 9.17) is 9.47 Å². The van der Waals surface area contributed by atoms with Gasteiger partial charge in [0.25, 0.3) is 0 Å². The number of methoxy groups -OCH3 is 2. The Bertz CT molecular complexity index is 724. The summed E-state index contributed by atoms with van der Waals surface area (Å²) in [6, 6.07) is 11.6. The van der Waals surface area contributed by atoms with Gasteiger partial charge in [-0.3, -0.25) is 4.79 Å². The second kappa shape index (κ2) is 8.25. The number of nitrogens with zero attached hydrogens (tertiary/aromatic N) is 2. The standard InChI is InChI=1S/C19H22N2O3S/c1-23-16-7-5-6-15(19(16)24-2)14-9-11-21(12-14)18(22)13-25-17-8-3-4-10-20-17/h3-8,10,14H,9,11-13H2,1-2H3/t14-/m0/s1. The van der Waals surface area contributed by atoms with E-state index in [0.717, 1.165) is 35.1 Å². The third-order valence-corrected chi connectivity index (χ3v) is 5.32. The average molecular weight is 358 g/mol. The molecule has 1 amide bonds. The molecule has 0 bridgehead atoms. The SMILES string of the molecule is COc1cccc([C@H]2CCN(C(=O)CSc3ccccn3)C2)c1OC. The highest BCUT2D eigenvalue weighted by atomic mass is 32.2. The number of para-hydroxylation sites is 1. The molecule has 0 spiro atoms. The zero-order valence-electron chi connectivity index (χ0n) is 14.5. The van der Waals surface area contributed by atoms with Crippen LogP contribution in [-0.4, -0.2) is 48.9 Å². The molecule has 2 heterocycles. The molecule has 0 radical (unpaired) electrons. The molecule has 5 nitrogen and oxygen atoms in total. The number of amides is 1. The monoisotopic (exact) mass is 358 g/mol. The number of ether oxygens (including phenoxy) is 2. The molecular formula is C19H22N2O3S. The summed E-state index contributed by atoms with van der Waals surface area (Å²) in [5.41, 5.74) is 1.11. The summed E-state index contributed by atoms with van der Waals surface area (Å²) in [7, 11) is 3.30. The minimum Gasteiger partial charge on any atom is -0.493 e. The fraction of sp³-hybridized carbons (Fsp3) is 0.368. The maximum absolute atomic E-state index is 12.5. The molecule has 0 aliphatic carbocycles. The van der Waals surface area contributed by atoms with E-state index in [1.165, 1.54) is 11.8 Å². The smallest absolute Gasteiger partial charge is 0.233 e. The van der Waals surface area contributed by atoms with Crippen molar-refractivity contribution in [2.24, 2.45) is 0 Å². The number of benzene rings is 1. The van der Waals surface area contributed by atoms with Gasteiger partial charge >= 0.3 is 0 Å². The molecule has 1 fully saturated rings. The van der Waals surface area contributed by atoms with Crippen molar-refractivity contribution in [1.82, 2.24) is 9.88 Å². The Labute approximate surface area is 152 Å². The lowest BCUT2D eigenvalue weighted by Crippen LogP contribution is -2.30. The molecule has 1 aromatic heterocycles. The van der Waals surface area contributed by atoms with Crippen LogP contribution in [0.3, 0.4) is 0 Å². The van der Waals surface area contributed by atoms with Gasteiger partial charge in [-0.25, -0.2) is 4.98 Å². The lowest BCUT2D eigenvalue weighted by Gasteiger charge is -2.19. The highest BCUT2D eigenvalue weighted by Gasteiger charge is 2.29. The number of likely N-dealkylation sites (tertiary alicyclic amines) is 1. The number of hydrogen-bond acceptors (Lipinski definition) is 5. The van der Waals surface area contributed by atoms with Crippen LogP contribution in [0, 0.1) is 0 Å². The zero-order valence-corrected chi connectivity index (χ0v) is 15.3. The number of carbonyl (C=O) groups is 1. The Hall–Kier alpha value is -2.21. The van der Waals surface area contributed by atoms with Crippen LogP contribution in [0.5, 0.6) is 11.5 Å². The van der Waals surface area contributed by atoms with Crippen molar-refractivity contribution in [3.63, 3.8) is 0 Å². The number of hydrogen-bond donors (Lipinski definition) is 0. The van der Waals surface area contributed by atoms with E-state index in [1.807, 2.05) is 35.2 Å². The molecule has 1 atom stereocenters. The second-order valence-electron chi connectivity index (χ2n) is 5.86. The topological polar surface area (TPSA) is 51.7 Å². The quantitative estimate of drug-likeness (QED) is 0.742. The molecule has 1 saturated heterocycles. The van der Waals surface area contributed by atoms with Gasteiger partial charge in [-0.15, -0.1) is 0 Å². The minimum absolute atomic E-state index is 0.153. The Morgan fingerprint density at radius 2 is 2.12 bits per heavy atom. The Morgan fingerprint density at radius 3 is 2.84 bits per heavy atom. The first-order valence-electron chi connectivity index (χ1n) is 8.25. The Morgan fingerprint density at radius 1 is 1.24 bits per heavy atom. The summed E-state index contributed by atoms with van der Waals surface area (Å²) in [6.07, 6.45) is 2.68. The van der Waals surface area contributed by atoms with Crippen LogP contribution >= 0.6 is 11.8 Å². The predicted molar refractivity (Wildman–Crippen MR) is 98.4 cm³/mol. The van der Waals surface area contributed by atoms with Crippen molar-refractivity contribution in [2.45, 2.75) is 17.4 Å². The zero-order chi connectivity index (χ0) is 17.6. The summed E-state index contributed by atoms with van der Waals surface area (Å²) < 4.78 is 10.9. The van der Waals surface area contributed by atoms with Crippen LogP contribution < -0.4 is 9.47 Å². The fourth-order valence-corrected chi connectivity index (χ4v) is 3.90. The molecule has 6 heteroatoms. The Balaban J connectivity index is 1.63. The fourth-order valence-electron chi connectivity index (χ4n) is 3.13. The summed E-state index contributed by atoms with van der Waals surface area (Å²) >= 11 is 1.48. The summed E-state index contributed by atoms with van der Waals surface area (Å²) in [4.78, 5) is 18.7. The number of pyridine rings is 1. The van der Waals surface area contributed by atoms with Gasteiger partial charge in [0, 0.05) is 30.8 Å². The molecule has 0 N–H and O–H groups in total. The van der Waals surface area contributed by atoms with Crippen LogP contribution in [0.4, 0.5) is 0 Å². The number of aromatic nitrogens is 1. The van der Waals surface area contributed by atoms with E-state index in [1.54, 1.807) is 20.4 Å². The number of rotatable bonds is 6. The highest BCUT2D eigenvalue weighted by Crippen LogP contribution is 2.39. The van der Waals surface area contributed by atoms with E-state index in [2.05, 4.69) is 11.1 Å². The molecule has 2 aromatic rings. The molecule has 1 aliphatic rings. The van der Waals surface area contributed by atoms with Crippen molar-refractivity contribution in [3.05, 3.63) is 48.2 Å². The van der Waals surface area contributed by atoms with Crippen molar-refractivity contribution in [2.75, 3.05) is 33.1 Å². The minimum atomic E-state index is 0.153. The van der Waals surface area contributed by atoms with Gasteiger partial charge in [-0.2, -0.15) is 0 Å². The first-order valence-corrected chi connectivity index (χ1v) is 9.24. The van der Waals surface area contributed by atoms with Gasteiger partial charge in [0.15, 0.2) is 11.5 Å². The lowest BCUT2D eigenvalue weighted by atomic mass is 9.97. The predicted octanol–water partition coefficient (Wildman–Crippen LogP) is 3.21. The van der Waals surface area contributed by atoms with Gasteiger partial charge in [0.1, 0.15) is 0 Å². The number of carbonyl (C=O) groups excluding carboxylic acids is 1. The van der Waals surface area contributed by atoms with E-state index < -0.39 is 0 Å². The van der Waals surface area contributed by atoms with E-state index >= 15 is 0 Å². The third-order valence-electron chi connectivity index (χ3n) is 4.40. The second-order valence-corrected chi connectivity index (χ2v) is 6.86. The maximum atomic E-state index is 12.5.